The Labute approximate surface area is 96.3 Å². The highest BCUT2D eigenvalue weighted by molar-refractivity contribution is 5.41. The Morgan fingerprint density at radius 2 is 2.19 bits per heavy atom. The number of rotatable bonds is 4. The summed E-state index contributed by atoms with van der Waals surface area (Å²) in [4.78, 5) is 0. The van der Waals surface area contributed by atoms with E-state index in [1.165, 1.54) is 0 Å². The Balaban J connectivity index is 2.78. The molecule has 0 aliphatic heterocycles. The summed E-state index contributed by atoms with van der Waals surface area (Å²) in [5, 5.41) is 18.6. The largest absolute Gasteiger partial charge is 0.490 e. The quantitative estimate of drug-likeness (QED) is 0.846. The number of nitrogens with zero attached hydrogens (tertiary/aromatic N) is 1. The fourth-order valence-corrected chi connectivity index (χ4v) is 1.16. The maximum absolute atomic E-state index is 9.81. The zero-order valence-corrected chi connectivity index (χ0v) is 9.95. The minimum atomic E-state index is -0.824. The molecule has 0 radical (unpaired) electrons. The number of benzene rings is 1. The molecule has 1 aromatic carbocycles. The van der Waals surface area contributed by atoms with Crippen molar-refractivity contribution in [2.45, 2.75) is 32.8 Å². The number of aliphatic hydroxyl groups is 1. The minimum Gasteiger partial charge on any atom is -0.490 e. The van der Waals surface area contributed by atoms with Gasteiger partial charge in [0.05, 0.1) is 17.2 Å². The summed E-state index contributed by atoms with van der Waals surface area (Å²) in [6.45, 7) is 5.79. The van der Waals surface area contributed by atoms with Gasteiger partial charge in [0.2, 0.25) is 0 Å². The van der Waals surface area contributed by atoms with Crippen LogP contribution >= 0.6 is 0 Å². The molecule has 0 aromatic heterocycles. The van der Waals surface area contributed by atoms with Crippen LogP contribution in [0.4, 0.5) is 0 Å². The van der Waals surface area contributed by atoms with Crippen LogP contribution in [0.5, 0.6) is 5.75 Å². The van der Waals surface area contributed by atoms with Crippen molar-refractivity contribution in [3.05, 3.63) is 29.3 Å². The highest BCUT2D eigenvalue weighted by Crippen LogP contribution is 2.21. The second-order valence-electron chi connectivity index (χ2n) is 4.23. The van der Waals surface area contributed by atoms with Gasteiger partial charge in [0, 0.05) is 0 Å². The molecule has 0 amide bonds. The highest BCUT2D eigenvalue weighted by Gasteiger charge is 2.18. The second-order valence-corrected chi connectivity index (χ2v) is 4.23. The molecule has 1 rings (SSSR count). The number of hydrogen-bond donors (Lipinski definition) is 1. The molecule has 0 saturated heterocycles. The van der Waals surface area contributed by atoms with Gasteiger partial charge in [-0.15, -0.1) is 0 Å². The molecule has 1 atom stereocenters. The van der Waals surface area contributed by atoms with Crippen LogP contribution in [0.2, 0.25) is 0 Å². The van der Waals surface area contributed by atoms with Crippen LogP contribution < -0.4 is 4.74 Å². The first kappa shape index (κ1) is 12.5. The third-order valence-electron chi connectivity index (χ3n) is 2.62. The Morgan fingerprint density at radius 3 is 2.75 bits per heavy atom. The fourth-order valence-electron chi connectivity index (χ4n) is 1.16. The molecule has 1 N–H and O–H groups in total. The molecule has 0 spiro atoms. The number of aryl methyl sites for hydroxylation is 1. The van der Waals surface area contributed by atoms with Gasteiger partial charge in [-0.2, -0.15) is 5.26 Å². The first-order chi connectivity index (χ1) is 7.48. The van der Waals surface area contributed by atoms with Gasteiger partial charge < -0.3 is 9.84 Å². The van der Waals surface area contributed by atoms with Crippen LogP contribution in [0.3, 0.4) is 0 Å². The van der Waals surface area contributed by atoms with Crippen molar-refractivity contribution in [1.82, 2.24) is 0 Å². The standard InChI is InChI=1S/C13H17NO2/c1-4-13(3,15)9-16-12-7-11(8-14)6-5-10(12)2/h5-7,15H,4,9H2,1-3H3. The van der Waals surface area contributed by atoms with Gasteiger partial charge in [0.15, 0.2) is 0 Å². The summed E-state index contributed by atoms with van der Waals surface area (Å²) in [5.74, 6) is 0.660. The minimum absolute atomic E-state index is 0.235. The average Bonchev–Trinajstić information content (AvgIpc) is 2.28. The van der Waals surface area contributed by atoms with Gasteiger partial charge in [0.25, 0.3) is 0 Å². The lowest BCUT2D eigenvalue weighted by Gasteiger charge is -2.22. The first-order valence-corrected chi connectivity index (χ1v) is 5.34. The number of hydrogen-bond acceptors (Lipinski definition) is 3. The normalized spacial score (nSPS) is 13.9. The summed E-state index contributed by atoms with van der Waals surface area (Å²) in [7, 11) is 0. The van der Waals surface area contributed by atoms with Crippen LogP contribution in [0, 0.1) is 18.3 Å². The smallest absolute Gasteiger partial charge is 0.123 e. The van der Waals surface area contributed by atoms with Crippen molar-refractivity contribution >= 4 is 0 Å². The fraction of sp³-hybridized carbons (Fsp3) is 0.462. The number of ether oxygens (including phenoxy) is 1. The summed E-state index contributed by atoms with van der Waals surface area (Å²) in [6.07, 6.45) is 0.629. The second kappa shape index (κ2) is 5.00. The van der Waals surface area contributed by atoms with E-state index in [0.29, 0.717) is 17.7 Å². The van der Waals surface area contributed by atoms with E-state index in [1.54, 1.807) is 19.1 Å². The van der Waals surface area contributed by atoms with Crippen molar-refractivity contribution in [2.75, 3.05) is 6.61 Å². The first-order valence-electron chi connectivity index (χ1n) is 5.34. The van der Waals surface area contributed by atoms with Gasteiger partial charge in [0.1, 0.15) is 12.4 Å². The molecule has 0 aliphatic carbocycles. The maximum Gasteiger partial charge on any atom is 0.123 e. The molecular weight excluding hydrogens is 202 g/mol. The van der Waals surface area contributed by atoms with Crippen molar-refractivity contribution in [1.29, 1.82) is 5.26 Å². The third kappa shape index (κ3) is 3.25. The van der Waals surface area contributed by atoms with Crippen LogP contribution in [0.1, 0.15) is 31.4 Å². The van der Waals surface area contributed by atoms with Crippen LogP contribution in [0.15, 0.2) is 18.2 Å². The molecule has 1 aromatic rings. The Hall–Kier alpha value is -1.53. The van der Waals surface area contributed by atoms with Crippen LogP contribution in [-0.4, -0.2) is 17.3 Å². The molecule has 16 heavy (non-hydrogen) atoms. The molecule has 0 bridgehead atoms. The molecular formula is C13H17NO2. The van der Waals surface area contributed by atoms with Gasteiger partial charge in [-0.05, 0) is 38.0 Å². The van der Waals surface area contributed by atoms with E-state index in [2.05, 4.69) is 6.07 Å². The van der Waals surface area contributed by atoms with Gasteiger partial charge in [-0.3, -0.25) is 0 Å². The molecule has 1 unspecified atom stereocenters. The lowest BCUT2D eigenvalue weighted by Crippen LogP contribution is -2.31. The van der Waals surface area contributed by atoms with Crippen molar-refractivity contribution in [2.24, 2.45) is 0 Å². The third-order valence-corrected chi connectivity index (χ3v) is 2.62. The highest BCUT2D eigenvalue weighted by atomic mass is 16.5. The van der Waals surface area contributed by atoms with E-state index in [9.17, 15) is 5.11 Å². The predicted molar refractivity (Wildman–Crippen MR) is 62.3 cm³/mol. The Bertz CT molecular complexity index is 405. The van der Waals surface area contributed by atoms with Gasteiger partial charge in [-0.25, -0.2) is 0 Å². The topological polar surface area (TPSA) is 53.2 Å². The average molecular weight is 219 g/mol. The Morgan fingerprint density at radius 1 is 1.50 bits per heavy atom. The molecule has 0 aliphatic rings. The van der Waals surface area contributed by atoms with E-state index in [1.807, 2.05) is 19.9 Å². The molecule has 3 heteroatoms. The summed E-state index contributed by atoms with van der Waals surface area (Å²) in [5.41, 5.74) is 0.706. The lowest BCUT2D eigenvalue weighted by molar-refractivity contribution is 0.00827. The summed E-state index contributed by atoms with van der Waals surface area (Å²) in [6, 6.07) is 7.35. The van der Waals surface area contributed by atoms with Gasteiger partial charge in [-0.1, -0.05) is 13.0 Å². The molecule has 3 nitrogen and oxygen atoms in total. The maximum atomic E-state index is 9.81. The number of nitriles is 1. The predicted octanol–water partition coefficient (Wildman–Crippen LogP) is 2.41. The van der Waals surface area contributed by atoms with Crippen LogP contribution in [-0.2, 0) is 0 Å². The van der Waals surface area contributed by atoms with E-state index < -0.39 is 5.60 Å². The summed E-state index contributed by atoms with van der Waals surface area (Å²) >= 11 is 0. The van der Waals surface area contributed by atoms with E-state index >= 15 is 0 Å². The van der Waals surface area contributed by atoms with Crippen molar-refractivity contribution in [3.63, 3.8) is 0 Å². The molecule has 0 heterocycles. The van der Waals surface area contributed by atoms with E-state index in [4.69, 9.17) is 10.00 Å². The van der Waals surface area contributed by atoms with E-state index in [0.717, 1.165) is 5.56 Å². The zero-order chi connectivity index (χ0) is 12.2. The Kier molecular flexibility index (Phi) is 3.92. The molecule has 86 valence electrons. The zero-order valence-electron chi connectivity index (χ0n) is 9.95. The monoisotopic (exact) mass is 219 g/mol. The lowest BCUT2D eigenvalue weighted by atomic mass is 10.1. The van der Waals surface area contributed by atoms with Gasteiger partial charge >= 0.3 is 0 Å². The van der Waals surface area contributed by atoms with Crippen LogP contribution in [0.25, 0.3) is 0 Å². The van der Waals surface area contributed by atoms with Crippen molar-refractivity contribution < 1.29 is 9.84 Å². The summed E-state index contributed by atoms with van der Waals surface area (Å²) < 4.78 is 5.53. The SMILES string of the molecule is CCC(C)(O)COc1cc(C#N)ccc1C. The van der Waals surface area contributed by atoms with Crippen molar-refractivity contribution in [3.8, 4) is 11.8 Å². The molecule has 0 saturated carbocycles. The molecule has 0 fully saturated rings. The van der Waals surface area contributed by atoms with E-state index in [-0.39, 0.29) is 6.61 Å².